The summed E-state index contributed by atoms with van der Waals surface area (Å²) in [5.41, 5.74) is 0. The Morgan fingerprint density at radius 3 is 1.31 bits per heavy atom. The Hall–Kier alpha value is -2.70. The molecule has 0 aliphatic heterocycles. The number of carbonyl (C=O) groups excluding carboxylic acids is 2. The van der Waals surface area contributed by atoms with E-state index in [1.165, 1.54) is 122 Å². The van der Waals surface area contributed by atoms with Crippen LogP contribution in [0.25, 0.3) is 0 Å². The number of amides is 1. The summed E-state index contributed by atoms with van der Waals surface area (Å²) in [6.45, 7) is 6.40. The highest BCUT2D eigenvalue weighted by Gasteiger charge is 2.24. The average Bonchev–Trinajstić information content (AvgIpc) is 3.30. The third-order valence-electron chi connectivity index (χ3n) is 12.4. The van der Waals surface area contributed by atoms with Gasteiger partial charge in [-0.25, -0.2) is 0 Å². The fraction of sp³-hybridized carbons (Fsp3) is 0.763. The molecule has 0 aromatic heterocycles. The fourth-order valence-electron chi connectivity index (χ4n) is 8.16. The lowest BCUT2D eigenvalue weighted by Crippen LogP contribution is -2.46. The Labute approximate surface area is 402 Å². The molecule has 376 valence electrons. The molecule has 0 spiro atoms. The quantitative estimate of drug-likeness (QED) is 0.0245. The van der Waals surface area contributed by atoms with Crippen LogP contribution < -0.4 is 5.32 Å². The third-order valence-corrected chi connectivity index (χ3v) is 12.4. The van der Waals surface area contributed by atoms with Gasteiger partial charge in [0.05, 0.1) is 25.2 Å². The van der Waals surface area contributed by atoms with Gasteiger partial charge in [0.2, 0.25) is 5.91 Å². The minimum absolute atomic E-state index is 0.0545. The molecule has 0 aliphatic rings. The molecule has 3 N–H and O–H groups in total. The summed E-state index contributed by atoms with van der Waals surface area (Å²) in [4.78, 5) is 26.2. The zero-order valence-electron chi connectivity index (χ0n) is 42.9. The van der Waals surface area contributed by atoms with E-state index in [0.29, 0.717) is 19.3 Å². The molecule has 0 aromatic carbocycles. The van der Waals surface area contributed by atoms with Gasteiger partial charge in [-0.1, -0.05) is 254 Å². The zero-order chi connectivity index (χ0) is 47.4. The smallest absolute Gasteiger partial charge is 0.306 e. The fourth-order valence-corrected chi connectivity index (χ4v) is 8.16. The maximum Gasteiger partial charge on any atom is 0.306 e. The van der Waals surface area contributed by atoms with Crippen LogP contribution in [0.15, 0.2) is 72.9 Å². The van der Waals surface area contributed by atoms with Crippen molar-refractivity contribution < 1.29 is 24.5 Å². The van der Waals surface area contributed by atoms with E-state index < -0.39 is 18.2 Å². The molecule has 3 unspecified atom stereocenters. The molecule has 65 heavy (non-hydrogen) atoms. The summed E-state index contributed by atoms with van der Waals surface area (Å²) in [6, 6.07) is -0.715. The van der Waals surface area contributed by atoms with E-state index in [9.17, 15) is 19.8 Å². The van der Waals surface area contributed by atoms with Crippen LogP contribution in [0.4, 0.5) is 0 Å². The molecule has 0 bridgehead atoms. The van der Waals surface area contributed by atoms with Crippen molar-refractivity contribution in [3.8, 4) is 0 Å². The topological polar surface area (TPSA) is 95.9 Å². The minimum atomic E-state index is -0.799. The van der Waals surface area contributed by atoms with Crippen LogP contribution in [0.1, 0.15) is 265 Å². The first kappa shape index (κ1) is 62.3. The maximum absolute atomic E-state index is 13.2. The molecule has 0 radical (unpaired) electrons. The predicted molar refractivity (Wildman–Crippen MR) is 282 cm³/mol. The monoisotopic (exact) mass is 908 g/mol. The number of rotatable bonds is 49. The van der Waals surface area contributed by atoms with Gasteiger partial charge in [-0.15, -0.1) is 0 Å². The highest BCUT2D eigenvalue weighted by Crippen LogP contribution is 2.18. The summed E-state index contributed by atoms with van der Waals surface area (Å²) in [6.07, 6.45) is 66.7. The van der Waals surface area contributed by atoms with Gasteiger partial charge in [0.25, 0.3) is 0 Å². The van der Waals surface area contributed by atoms with Gasteiger partial charge in [0.15, 0.2) is 0 Å². The van der Waals surface area contributed by atoms with E-state index in [0.717, 1.165) is 96.3 Å². The Bertz CT molecular complexity index is 1200. The van der Waals surface area contributed by atoms with Crippen molar-refractivity contribution in [3.63, 3.8) is 0 Å². The molecule has 6 heteroatoms. The number of unbranched alkanes of at least 4 members (excludes halogenated alkanes) is 29. The van der Waals surface area contributed by atoms with Gasteiger partial charge in [0.1, 0.15) is 6.10 Å². The highest BCUT2D eigenvalue weighted by atomic mass is 16.5. The van der Waals surface area contributed by atoms with Gasteiger partial charge < -0.3 is 20.3 Å². The molecule has 0 saturated carbocycles. The first-order chi connectivity index (χ1) is 32.0. The first-order valence-corrected chi connectivity index (χ1v) is 27.7. The lowest BCUT2D eigenvalue weighted by Gasteiger charge is -2.24. The summed E-state index contributed by atoms with van der Waals surface area (Å²) in [5.74, 6) is -0.515. The Morgan fingerprint density at radius 1 is 0.446 bits per heavy atom. The molecular weight excluding hydrogens is 803 g/mol. The van der Waals surface area contributed by atoms with Crippen LogP contribution in [-0.2, 0) is 14.3 Å². The number of hydrogen-bond acceptors (Lipinski definition) is 5. The number of allylic oxidation sites excluding steroid dienone is 12. The molecule has 0 saturated heterocycles. The largest absolute Gasteiger partial charge is 0.462 e. The van der Waals surface area contributed by atoms with E-state index in [1.54, 1.807) is 0 Å². The van der Waals surface area contributed by atoms with Crippen molar-refractivity contribution in [2.75, 3.05) is 6.61 Å². The molecule has 1 amide bonds. The lowest BCUT2D eigenvalue weighted by atomic mass is 10.0. The molecule has 0 heterocycles. The summed E-state index contributed by atoms with van der Waals surface area (Å²) < 4.78 is 5.93. The second-order valence-electron chi connectivity index (χ2n) is 18.8. The van der Waals surface area contributed by atoms with E-state index >= 15 is 0 Å². The van der Waals surface area contributed by atoms with Crippen LogP contribution >= 0.6 is 0 Å². The lowest BCUT2D eigenvalue weighted by molar-refractivity contribution is -0.151. The number of ether oxygens (including phenoxy) is 1. The Kier molecular flexibility index (Phi) is 50.1. The minimum Gasteiger partial charge on any atom is -0.462 e. The molecule has 0 aromatic rings. The second-order valence-corrected chi connectivity index (χ2v) is 18.8. The van der Waals surface area contributed by atoms with Crippen LogP contribution in [0.5, 0.6) is 0 Å². The molecule has 0 aliphatic carbocycles. The van der Waals surface area contributed by atoms with Crippen LogP contribution in [0, 0.1) is 0 Å². The van der Waals surface area contributed by atoms with Crippen molar-refractivity contribution in [1.29, 1.82) is 0 Å². The van der Waals surface area contributed by atoms with Gasteiger partial charge >= 0.3 is 5.97 Å². The Morgan fingerprint density at radius 2 is 0.831 bits per heavy atom. The second kappa shape index (κ2) is 52.3. The van der Waals surface area contributed by atoms with E-state index in [-0.39, 0.29) is 24.9 Å². The van der Waals surface area contributed by atoms with E-state index in [4.69, 9.17) is 4.74 Å². The molecule has 0 rings (SSSR count). The average molecular weight is 908 g/mol. The maximum atomic E-state index is 13.2. The third kappa shape index (κ3) is 47.6. The van der Waals surface area contributed by atoms with Gasteiger partial charge in [-0.2, -0.15) is 0 Å². The van der Waals surface area contributed by atoms with Crippen LogP contribution in [0.3, 0.4) is 0 Å². The molecular formula is C59H105NO5. The number of hydrogen-bond donors (Lipinski definition) is 3. The molecule has 6 nitrogen and oxygen atoms in total. The number of nitrogens with one attached hydrogen (secondary N) is 1. The van der Waals surface area contributed by atoms with Crippen LogP contribution in [0.2, 0.25) is 0 Å². The summed E-state index contributed by atoms with van der Waals surface area (Å²) in [7, 11) is 0. The number of aliphatic hydroxyl groups excluding tert-OH is 2. The Balaban J connectivity index is 4.64. The number of esters is 1. The highest BCUT2D eigenvalue weighted by molar-refractivity contribution is 5.77. The first-order valence-electron chi connectivity index (χ1n) is 27.7. The molecule has 0 fully saturated rings. The van der Waals surface area contributed by atoms with E-state index in [2.05, 4.69) is 74.7 Å². The van der Waals surface area contributed by atoms with E-state index in [1.807, 2.05) is 24.3 Å². The van der Waals surface area contributed by atoms with Gasteiger partial charge in [-0.3, -0.25) is 9.59 Å². The van der Waals surface area contributed by atoms with Gasteiger partial charge in [0, 0.05) is 6.42 Å². The zero-order valence-corrected chi connectivity index (χ0v) is 42.9. The van der Waals surface area contributed by atoms with Crippen molar-refractivity contribution in [3.05, 3.63) is 72.9 Å². The summed E-state index contributed by atoms with van der Waals surface area (Å²) >= 11 is 0. The van der Waals surface area contributed by atoms with Crippen LogP contribution in [-0.4, -0.2) is 46.9 Å². The van der Waals surface area contributed by atoms with Gasteiger partial charge in [-0.05, 0) is 70.6 Å². The predicted octanol–water partition coefficient (Wildman–Crippen LogP) is 17.0. The van der Waals surface area contributed by atoms with Crippen molar-refractivity contribution >= 4 is 11.9 Å². The SMILES string of the molecule is CCC/C=C/C=C/C=C/C=C/C=C/CCCCCCCC(=O)OC(CCCCC/C=C/CCCCCCCCC)CC(=O)NC(CO)C(O)CCCCCCCCCCCCCCCC. The standard InChI is InChI=1S/C59H105NO5/c1-4-7-10-13-16-19-22-25-28-29-30-31-34-37-40-43-46-49-52-59(64)65-55(50-47-44-41-38-35-32-26-23-20-17-14-11-8-5-2)53-58(63)60-56(54-61)57(62)51-48-45-42-39-36-33-27-24-21-18-15-12-9-6-3/h10,13,16,19,22,25,28-32,35,55-57,61-62H,4-9,11-12,14-15,17-18,20-21,23-24,26-27,33-34,36-54H2,1-3H3,(H,60,63)/b13-10+,19-16+,25-22+,29-28+,31-30+,35-32+. The molecule has 3 atom stereocenters. The normalized spacial score (nSPS) is 13.7. The van der Waals surface area contributed by atoms with Crippen molar-refractivity contribution in [2.45, 2.75) is 283 Å². The number of aliphatic hydroxyl groups is 2. The summed E-state index contributed by atoms with van der Waals surface area (Å²) in [5, 5.41) is 23.8. The number of carbonyl (C=O) groups is 2. The van der Waals surface area contributed by atoms with Crippen molar-refractivity contribution in [1.82, 2.24) is 5.32 Å². The van der Waals surface area contributed by atoms with Crippen molar-refractivity contribution in [2.24, 2.45) is 0 Å².